The Morgan fingerprint density at radius 1 is 1.21 bits per heavy atom. The molecule has 0 aliphatic carbocycles. The van der Waals surface area contributed by atoms with Gasteiger partial charge in [0.25, 0.3) is 5.69 Å². The normalized spacial score (nSPS) is 15.1. The summed E-state index contributed by atoms with van der Waals surface area (Å²) in [6.07, 6.45) is 7.15. The second kappa shape index (κ2) is 11.8. The summed E-state index contributed by atoms with van der Waals surface area (Å²) in [5.41, 5.74) is 3.81. The van der Waals surface area contributed by atoms with Gasteiger partial charge in [0, 0.05) is 43.2 Å². The molecule has 1 N–H and O–H groups in total. The maximum absolute atomic E-state index is 12.7. The minimum atomic E-state index is -1.04. The zero-order valence-electron chi connectivity index (χ0n) is 21.9. The molecule has 10 heteroatoms. The van der Waals surface area contributed by atoms with Gasteiger partial charge in [-0.2, -0.15) is 0 Å². The number of hydrogen-bond donors (Lipinski definition) is 1. The summed E-state index contributed by atoms with van der Waals surface area (Å²) in [7, 11) is 0. The van der Waals surface area contributed by atoms with Crippen LogP contribution in [0.3, 0.4) is 0 Å². The molecule has 3 aromatic rings. The SMILES string of the molecule is C/C=C/C=C/C(=O)N1Cc2cc(OCCc3nc(-c4ccc([N+](=O)[O-])cc4C)oc3C)ccc2C[C@H]1C(=O)O. The van der Waals surface area contributed by atoms with Gasteiger partial charge in [-0.3, -0.25) is 14.9 Å². The van der Waals surface area contributed by atoms with Crippen LogP contribution in [0.2, 0.25) is 0 Å². The molecule has 0 spiro atoms. The first-order valence-electron chi connectivity index (χ1n) is 12.5. The number of non-ortho nitro benzene ring substituents is 1. The Balaban J connectivity index is 1.43. The third-order valence-electron chi connectivity index (χ3n) is 6.57. The molecular formula is C29H29N3O7. The molecule has 2 aromatic carbocycles. The fourth-order valence-electron chi connectivity index (χ4n) is 4.49. The van der Waals surface area contributed by atoms with E-state index in [1.165, 1.54) is 23.1 Å². The number of aliphatic carboxylic acids is 1. The van der Waals surface area contributed by atoms with Crippen molar-refractivity contribution < 1.29 is 28.8 Å². The number of aromatic nitrogens is 1. The molecule has 202 valence electrons. The number of oxazole rings is 1. The van der Waals surface area contributed by atoms with Gasteiger partial charge in [0.15, 0.2) is 0 Å². The van der Waals surface area contributed by atoms with Crippen molar-refractivity contribution in [1.82, 2.24) is 9.88 Å². The lowest BCUT2D eigenvalue weighted by Crippen LogP contribution is -2.48. The molecule has 1 aliphatic rings. The molecule has 0 fully saturated rings. The molecule has 0 saturated heterocycles. The highest BCUT2D eigenvalue weighted by atomic mass is 16.6. The highest BCUT2D eigenvalue weighted by molar-refractivity contribution is 5.92. The Labute approximate surface area is 225 Å². The topological polar surface area (TPSA) is 136 Å². The number of carbonyl (C=O) groups excluding carboxylic acids is 1. The summed E-state index contributed by atoms with van der Waals surface area (Å²) in [4.78, 5) is 41.0. The predicted molar refractivity (Wildman–Crippen MR) is 143 cm³/mol. The van der Waals surface area contributed by atoms with Crippen LogP contribution in [-0.4, -0.2) is 44.4 Å². The maximum atomic E-state index is 12.7. The molecule has 1 aromatic heterocycles. The Morgan fingerprint density at radius 2 is 2.00 bits per heavy atom. The first-order chi connectivity index (χ1) is 18.7. The van der Waals surface area contributed by atoms with Crippen molar-refractivity contribution in [3.05, 3.63) is 99.0 Å². The second-order valence-electron chi connectivity index (χ2n) is 9.22. The van der Waals surface area contributed by atoms with Crippen LogP contribution in [0, 0.1) is 24.0 Å². The van der Waals surface area contributed by atoms with Crippen LogP contribution < -0.4 is 4.74 Å². The average molecular weight is 532 g/mol. The summed E-state index contributed by atoms with van der Waals surface area (Å²) in [5.74, 6) is 0.228. The van der Waals surface area contributed by atoms with E-state index >= 15 is 0 Å². The van der Waals surface area contributed by atoms with E-state index in [4.69, 9.17) is 9.15 Å². The van der Waals surface area contributed by atoms with Crippen molar-refractivity contribution in [2.75, 3.05) is 6.61 Å². The molecule has 10 nitrogen and oxygen atoms in total. The lowest BCUT2D eigenvalue weighted by atomic mass is 9.93. The number of benzene rings is 2. The summed E-state index contributed by atoms with van der Waals surface area (Å²) in [5, 5.41) is 20.7. The number of ether oxygens (including phenoxy) is 1. The van der Waals surface area contributed by atoms with E-state index in [2.05, 4.69) is 4.98 Å². The van der Waals surface area contributed by atoms with Crippen molar-refractivity contribution >= 4 is 17.6 Å². The highest BCUT2D eigenvalue weighted by Gasteiger charge is 2.33. The number of nitro benzene ring substituents is 1. The van der Waals surface area contributed by atoms with Gasteiger partial charge >= 0.3 is 5.97 Å². The molecule has 4 rings (SSSR count). The van der Waals surface area contributed by atoms with E-state index in [1.807, 2.05) is 19.1 Å². The Morgan fingerprint density at radius 3 is 2.69 bits per heavy atom. The number of carboxylic acid groups (broad SMARTS) is 1. The molecule has 0 bridgehead atoms. The van der Waals surface area contributed by atoms with E-state index < -0.39 is 16.9 Å². The average Bonchev–Trinajstić information content (AvgIpc) is 3.27. The third kappa shape index (κ3) is 6.23. The standard InChI is InChI=1S/C29H29N3O7/c1-4-5-6-7-27(33)31-17-21-15-23(10-8-20(21)16-26(31)29(34)35)38-13-12-25-19(3)39-28(30-25)24-11-9-22(32(36)37)14-18(24)2/h4-11,14-15,26H,12-13,16-17H2,1-3H3,(H,34,35)/b5-4+,7-6+/t26-/m0/s1. The van der Waals surface area contributed by atoms with Gasteiger partial charge in [0.05, 0.1) is 17.2 Å². The summed E-state index contributed by atoms with van der Waals surface area (Å²) >= 11 is 0. The van der Waals surface area contributed by atoms with Crippen LogP contribution in [0.15, 0.2) is 65.1 Å². The Kier molecular flexibility index (Phi) is 8.24. The van der Waals surface area contributed by atoms with Gasteiger partial charge in [-0.05, 0) is 55.7 Å². The quantitative estimate of drug-likeness (QED) is 0.177. The number of aryl methyl sites for hydroxylation is 2. The molecule has 1 amide bonds. The maximum Gasteiger partial charge on any atom is 0.326 e. The van der Waals surface area contributed by atoms with Crippen LogP contribution in [0.1, 0.15) is 35.1 Å². The number of nitro groups is 1. The largest absolute Gasteiger partial charge is 0.493 e. The monoisotopic (exact) mass is 531 g/mol. The number of amides is 1. The van der Waals surface area contributed by atoms with E-state index in [0.717, 1.165) is 16.8 Å². The first-order valence-corrected chi connectivity index (χ1v) is 12.5. The van der Waals surface area contributed by atoms with E-state index in [9.17, 15) is 24.8 Å². The molecule has 1 atom stereocenters. The smallest absolute Gasteiger partial charge is 0.326 e. The predicted octanol–water partition coefficient (Wildman–Crippen LogP) is 4.96. The minimum Gasteiger partial charge on any atom is -0.493 e. The van der Waals surface area contributed by atoms with Gasteiger partial charge in [-0.1, -0.05) is 24.3 Å². The number of rotatable bonds is 9. The van der Waals surface area contributed by atoms with Crippen LogP contribution in [-0.2, 0) is 29.0 Å². The molecule has 0 unspecified atom stereocenters. The molecule has 39 heavy (non-hydrogen) atoms. The Hall–Kier alpha value is -4.73. The minimum absolute atomic E-state index is 0.00859. The lowest BCUT2D eigenvalue weighted by Gasteiger charge is -2.34. The zero-order valence-corrected chi connectivity index (χ0v) is 21.9. The summed E-state index contributed by atoms with van der Waals surface area (Å²) in [6.45, 7) is 5.89. The molecule has 0 radical (unpaired) electrons. The number of carboxylic acids is 1. The van der Waals surface area contributed by atoms with Crippen LogP contribution in [0.5, 0.6) is 5.75 Å². The second-order valence-corrected chi connectivity index (χ2v) is 9.22. The molecule has 0 saturated carbocycles. The van der Waals surface area contributed by atoms with Crippen molar-refractivity contribution in [1.29, 1.82) is 0 Å². The highest BCUT2D eigenvalue weighted by Crippen LogP contribution is 2.29. The molecular weight excluding hydrogens is 502 g/mol. The zero-order chi connectivity index (χ0) is 28.1. The fourth-order valence-corrected chi connectivity index (χ4v) is 4.49. The van der Waals surface area contributed by atoms with Gasteiger partial charge < -0.3 is 19.2 Å². The molecule has 1 aliphatic heterocycles. The summed E-state index contributed by atoms with van der Waals surface area (Å²) < 4.78 is 11.8. The van der Waals surface area contributed by atoms with Gasteiger partial charge in [-0.15, -0.1) is 0 Å². The van der Waals surface area contributed by atoms with Crippen molar-refractivity contribution in [3.8, 4) is 17.2 Å². The number of nitrogens with zero attached hydrogens (tertiary/aromatic N) is 3. The molecule has 2 heterocycles. The van der Waals surface area contributed by atoms with E-state index in [0.29, 0.717) is 41.6 Å². The van der Waals surface area contributed by atoms with Crippen LogP contribution in [0.4, 0.5) is 5.69 Å². The van der Waals surface area contributed by atoms with Gasteiger partial charge in [-0.25, -0.2) is 9.78 Å². The first kappa shape index (κ1) is 27.3. The number of fused-ring (bicyclic) bond motifs is 1. The van der Waals surface area contributed by atoms with Crippen LogP contribution >= 0.6 is 0 Å². The van der Waals surface area contributed by atoms with Crippen molar-refractivity contribution in [2.45, 2.75) is 46.2 Å². The number of hydrogen-bond acceptors (Lipinski definition) is 7. The van der Waals surface area contributed by atoms with E-state index in [-0.39, 0.29) is 24.6 Å². The fraction of sp³-hybridized carbons (Fsp3) is 0.276. The third-order valence-corrected chi connectivity index (χ3v) is 6.57. The number of carbonyl (C=O) groups is 2. The van der Waals surface area contributed by atoms with Gasteiger partial charge in [0.1, 0.15) is 17.6 Å². The lowest BCUT2D eigenvalue weighted by molar-refractivity contribution is -0.384. The van der Waals surface area contributed by atoms with Crippen molar-refractivity contribution in [3.63, 3.8) is 0 Å². The van der Waals surface area contributed by atoms with E-state index in [1.54, 1.807) is 44.2 Å². The Bertz CT molecular complexity index is 1470. The van der Waals surface area contributed by atoms with Crippen LogP contribution in [0.25, 0.3) is 11.5 Å². The summed E-state index contributed by atoms with van der Waals surface area (Å²) in [6, 6.07) is 9.08. The van der Waals surface area contributed by atoms with Gasteiger partial charge in [0.2, 0.25) is 11.8 Å². The number of allylic oxidation sites excluding steroid dienone is 3. The van der Waals surface area contributed by atoms with Crippen molar-refractivity contribution in [2.24, 2.45) is 0 Å².